The van der Waals surface area contributed by atoms with E-state index in [0.29, 0.717) is 5.15 Å². The van der Waals surface area contributed by atoms with Gasteiger partial charge >= 0.3 is 0 Å². The van der Waals surface area contributed by atoms with Gasteiger partial charge < -0.3 is 10.1 Å². The number of fused-ring (bicyclic) bond motifs is 1. The van der Waals surface area contributed by atoms with Crippen LogP contribution in [0.5, 0.6) is 5.75 Å². The van der Waals surface area contributed by atoms with Crippen LogP contribution in [0.4, 0.5) is 0 Å². The molecule has 1 fully saturated rings. The van der Waals surface area contributed by atoms with Gasteiger partial charge in [0, 0.05) is 40.4 Å². The first-order valence-corrected chi connectivity index (χ1v) is 14.8. The lowest BCUT2D eigenvalue weighted by atomic mass is 9.95. The van der Waals surface area contributed by atoms with Crippen LogP contribution in [-0.4, -0.2) is 47.2 Å². The molecule has 1 aliphatic rings. The number of halogens is 1. The van der Waals surface area contributed by atoms with Crippen molar-refractivity contribution in [1.29, 1.82) is 0 Å². The number of methoxy groups -OCH3 is 1. The Balaban J connectivity index is 0.000000206. The van der Waals surface area contributed by atoms with Crippen LogP contribution in [0, 0.1) is 0 Å². The predicted octanol–water partition coefficient (Wildman–Crippen LogP) is 7.55. The molecule has 1 atom stereocenters. The molecule has 0 bridgehead atoms. The van der Waals surface area contributed by atoms with Gasteiger partial charge in [-0.3, -0.25) is 4.90 Å². The van der Waals surface area contributed by atoms with E-state index in [1.807, 2.05) is 36.5 Å². The summed E-state index contributed by atoms with van der Waals surface area (Å²) in [4.78, 5) is 13.1. The molecule has 4 rings (SSSR count). The minimum Gasteiger partial charge on any atom is -0.497 e. The van der Waals surface area contributed by atoms with Crippen LogP contribution >= 0.6 is 22.9 Å². The molecule has 202 valence electrons. The Kier molecular flexibility index (Phi) is 11.4. The van der Waals surface area contributed by atoms with Crippen molar-refractivity contribution in [2.45, 2.75) is 78.8 Å². The Morgan fingerprint density at radius 1 is 1.16 bits per heavy atom. The van der Waals surface area contributed by atoms with Crippen LogP contribution in [0.15, 0.2) is 30.3 Å². The molecular formula is C30H43ClN4OS. The lowest BCUT2D eigenvalue weighted by molar-refractivity contribution is 0.331. The third kappa shape index (κ3) is 8.25. The fourth-order valence-electron chi connectivity index (χ4n) is 4.69. The van der Waals surface area contributed by atoms with Gasteiger partial charge in [0.25, 0.3) is 0 Å². The molecule has 1 N–H and O–H groups in total. The summed E-state index contributed by atoms with van der Waals surface area (Å²) >= 11 is 8.16. The van der Waals surface area contributed by atoms with Crippen LogP contribution < -0.4 is 10.1 Å². The highest BCUT2D eigenvalue weighted by Gasteiger charge is 2.23. The summed E-state index contributed by atoms with van der Waals surface area (Å²) in [5.74, 6) is 0.809. The Morgan fingerprint density at radius 3 is 2.54 bits per heavy atom. The highest BCUT2D eigenvalue weighted by atomic mass is 35.5. The maximum absolute atomic E-state index is 6.30. The van der Waals surface area contributed by atoms with Gasteiger partial charge in [0.15, 0.2) is 0 Å². The van der Waals surface area contributed by atoms with Crippen molar-refractivity contribution < 1.29 is 4.74 Å². The quantitative estimate of drug-likeness (QED) is 0.268. The van der Waals surface area contributed by atoms with E-state index in [1.54, 1.807) is 7.11 Å². The number of hydrogen-bond acceptors (Lipinski definition) is 6. The van der Waals surface area contributed by atoms with E-state index < -0.39 is 0 Å². The number of thiazole rings is 1. The van der Waals surface area contributed by atoms with E-state index in [1.165, 1.54) is 22.7 Å². The minimum atomic E-state index is 0.171. The summed E-state index contributed by atoms with van der Waals surface area (Å²) in [6.45, 7) is 15.2. The second kappa shape index (κ2) is 14.2. The molecule has 7 heteroatoms. The van der Waals surface area contributed by atoms with Crippen molar-refractivity contribution in [3.63, 3.8) is 0 Å². The zero-order valence-corrected chi connectivity index (χ0v) is 24.9. The first-order chi connectivity index (χ1) is 17.8. The topological polar surface area (TPSA) is 50.3 Å². The van der Waals surface area contributed by atoms with Crippen molar-refractivity contribution >= 4 is 39.9 Å². The number of aromatic nitrogens is 2. The Hall–Kier alpha value is -1.99. The maximum atomic E-state index is 6.30. The largest absolute Gasteiger partial charge is 0.497 e. The monoisotopic (exact) mass is 542 g/mol. The van der Waals surface area contributed by atoms with Gasteiger partial charge in [-0.2, -0.15) is 0 Å². The third-order valence-electron chi connectivity index (χ3n) is 6.99. The standard InChI is InChI=1S/C15H17ClN2O.C15H26N2S/c1-19-13-5-4-11-8-12(10-18-6-2-3-7-18)15(16)17-14(11)9-13;1-6-10-12-13(7-2)18-14(17-12)11-15(5,8-3)16-9-4/h4-5,8-9H,2-3,6-7,10H2,1H3;6,10,16H,7-9,11H2,1-5H3/b;10-6-. The molecule has 3 heterocycles. The number of allylic oxidation sites excluding steroid dienone is 1. The zero-order chi connectivity index (χ0) is 26.8. The van der Waals surface area contributed by atoms with Crippen LogP contribution in [0.2, 0.25) is 5.15 Å². The number of nitrogens with zero attached hydrogens (tertiary/aromatic N) is 3. The lowest BCUT2D eigenvalue weighted by Crippen LogP contribution is -2.43. The average molecular weight is 543 g/mol. The predicted molar refractivity (Wildman–Crippen MR) is 160 cm³/mol. The molecule has 0 aliphatic carbocycles. The number of likely N-dealkylation sites (tertiary alicyclic amines) is 1. The second-order valence-corrected chi connectivity index (χ2v) is 11.4. The van der Waals surface area contributed by atoms with Crippen molar-refractivity contribution in [2.75, 3.05) is 26.7 Å². The van der Waals surface area contributed by atoms with Crippen molar-refractivity contribution in [2.24, 2.45) is 0 Å². The molecule has 0 radical (unpaired) electrons. The van der Waals surface area contributed by atoms with Gasteiger partial charge in [0.1, 0.15) is 10.9 Å². The van der Waals surface area contributed by atoms with E-state index in [2.05, 4.69) is 61.1 Å². The van der Waals surface area contributed by atoms with Crippen LogP contribution in [0.25, 0.3) is 17.0 Å². The SMILES string of the molecule is C/C=C\c1nc(CC(C)(CC)NCC)sc1CC.COc1ccc2cc(CN3CCCC3)c(Cl)nc2c1. The van der Waals surface area contributed by atoms with Gasteiger partial charge in [-0.15, -0.1) is 11.3 Å². The summed E-state index contributed by atoms with van der Waals surface area (Å²) in [5.41, 5.74) is 3.33. The first kappa shape index (κ1) is 29.6. The molecule has 1 aliphatic heterocycles. The Morgan fingerprint density at radius 2 is 1.92 bits per heavy atom. The summed E-state index contributed by atoms with van der Waals surface area (Å²) < 4.78 is 5.21. The smallest absolute Gasteiger partial charge is 0.134 e. The number of aryl methyl sites for hydroxylation is 1. The molecule has 1 aromatic carbocycles. The van der Waals surface area contributed by atoms with Gasteiger partial charge in [0.05, 0.1) is 23.3 Å². The van der Waals surface area contributed by atoms with E-state index in [4.69, 9.17) is 21.3 Å². The summed E-state index contributed by atoms with van der Waals surface area (Å²) in [6, 6.07) is 8.05. The number of ether oxygens (including phenoxy) is 1. The van der Waals surface area contributed by atoms with Gasteiger partial charge in [-0.05, 0) is 83.4 Å². The van der Waals surface area contributed by atoms with E-state index in [0.717, 1.165) is 73.4 Å². The molecule has 0 spiro atoms. The van der Waals surface area contributed by atoms with Crippen LogP contribution in [0.1, 0.15) is 75.0 Å². The van der Waals surface area contributed by atoms with Crippen LogP contribution in [-0.2, 0) is 19.4 Å². The Bertz CT molecular complexity index is 1170. The second-order valence-electron chi connectivity index (χ2n) is 9.87. The molecule has 0 saturated carbocycles. The molecule has 0 amide bonds. The molecule has 1 unspecified atom stereocenters. The summed E-state index contributed by atoms with van der Waals surface area (Å²) in [5, 5.41) is 6.55. The number of nitrogens with one attached hydrogen (secondary N) is 1. The number of likely N-dealkylation sites (N-methyl/N-ethyl adjacent to an activating group) is 1. The molecule has 5 nitrogen and oxygen atoms in total. The lowest BCUT2D eigenvalue weighted by Gasteiger charge is -2.28. The molecule has 1 saturated heterocycles. The highest BCUT2D eigenvalue weighted by molar-refractivity contribution is 7.11. The van der Waals surface area contributed by atoms with Gasteiger partial charge in [0.2, 0.25) is 0 Å². The van der Waals surface area contributed by atoms with Crippen molar-refractivity contribution in [3.05, 3.63) is 56.6 Å². The fourth-order valence-corrected chi connectivity index (χ4v) is 6.08. The first-order valence-electron chi connectivity index (χ1n) is 13.6. The van der Waals surface area contributed by atoms with Gasteiger partial charge in [-0.25, -0.2) is 9.97 Å². The minimum absolute atomic E-state index is 0.171. The maximum Gasteiger partial charge on any atom is 0.134 e. The number of pyridine rings is 1. The molecular weight excluding hydrogens is 500 g/mol. The number of hydrogen-bond donors (Lipinski definition) is 1. The van der Waals surface area contributed by atoms with E-state index >= 15 is 0 Å². The average Bonchev–Trinajstić information content (AvgIpc) is 3.54. The fraction of sp³-hybridized carbons (Fsp3) is 0.533. The zero-order valence-electron chi connectivity index (χ0n) is 23.4. The Labute approximate surface area is 232 Å². The third-order valence-corrected chi connectivity index (χ3v) is 8.53. The highest BCUT2D eigenvalue weighted by Crippen LogP contribution is 2.27. The summed E-state index contributed by atoms with van der Waals surface area (Å²) in [6.07, 6.45) is 9.98. The molecule has 2 aromatic heterocycles. The molecule has 3 aromatic rings. The number of rotatable bonds is 10. The number of benzene rings is 1. The molecule has 37 heavy (non-hydrogen) atoms. The van der Waals surface area contributed by atoms with Crippen molar-refractivity contribution in [1.82, 2.24) is 20.2 Å². The van der Waals surface area contributed by atoms with Crippen LogP contribution in [0.3, 0.4) is 0 Å². The summed E-state index contributed by atoms with van der Waals surface area (Å²) in [7, 11) is 1.66. The van der Waals surface area contributed by atoms with E-state index in [-0.39, 0.29) is 5.54 Å². The normalized spacial score (nSPS) is 15.6. The van der Waals surface area contributed by atoms with Crippen molar-refractivity contribution in [3.8, 4) is 5.75 Å². The van der Waals surface area contributed by atoms with E-state index in [9.17, 15) is 0 Å². The van der Waals surface area contributed by atoms with Gasteiger partial charge in [-0.1, -0.05) is 38.4 Å².